The smallest absolute Gasteiger partial charge is 0.123 e. The molecule has 114 valence electrons. The average molecular weight is 289 g/mol. The zero-order valence-electron chi connectivity index (χ0n) is 15.8. The van der Waals surface area contributed by atoms with Gasteiger partial charge < -0.3 is 10.2 Å². The van der Waals surface area contributed by atoms with Gasteiger partial charge in [0.05, 0.1) is 0 Å². The van der Waals surface area contributed by atoms with Crippen LogP contribution in [-0.4, -0.2) is 10.2 Å². The third kappa shape index (κ3) is 3.31. The number of aryl methyl sites for hydroxylation is 1. The number of allylic oxidation sites excluding steroid dienone is 3. The molecule has 0 fully saturated rings. The van der Waals surface area contributed by atoms with E-state index < -0.39 is 6.85 Å². The molecule has 0 aliphatic heterocycles. The fraction of sp³-hybridized carbons (Fsp3) is 0.474. The van der Waals surface area contributed by atoms with Crippen molar-refractivity contribution in [1.82, 2.24) is 0 Å². The van der Waals surface area contributed by atoms with Crippen LogP contribution in [0.5, 0.6) is 11.5 Å². The van der Waals surface area contributed by atoms with Crippen molar-refractivity contribution in [3.05, 3.63) is 47.1 Å². The van der Waals surface area contributed by atoms with E-state index in [1.807, 2.05) is 19.9 Å². The Bertz CT molecular complexity index is 636. The molecule has 2 N–H and O–H groups in total. The molecular formula is C19H26O2. The molecule has 1 aliphatic rings. The number of benzene rings is 1. The molecule has 1 aromatic carbocycles. The lowest BCUT2D eigenvalue weighted by atomic mass is 9.73. The Balaban J connectivity index is 2.50. The minimum absolute atomic E-state index is 0.0257. The minimum Gasteiger partial charge on any atom is -0.507 e. The molecule has 1 aliphatic carbocycles. The van der Waals surface area contributed by atoms with Crippen LogP contribution in [0, 0.1) is 5.92 Å². The maximum Gasteiger partial charge on any atom is 0.123 e. The highest BCUT2D eigenvalue weighted by Crippen LogP contribution is 2.46. The fourth-order valence-electron chi connectivity index (χ4n) is 3.20. The van der Waals surface area contributed by atoms with Crippen LogP contribution in [0.15, 0.2) is 35.9 Å². The van der Waals surface area contributed by atoms with Crippen LogP contribution < -0.4 is 0 Å². The number of rotatable bonds is 4. The Morgan fingerprint density at radius 1 is 1.38 bits per heavy atom. The van der Waals surface area contributed by atoms with Crippen LogP contribution in [0.1, 0.15) is 61.1 Å². The van der Waals surface area contributed by atoms with E-state index in [1.165, 1.54) is 0 Å². The highest BCUT2D eigenvalue weighted by molar-refractivity contribution is 5.51. The van der Waals surface area contributed by atoms with Crippen LogP contribution in [0.2, 0.25) is 0 Å². The van der Waals surface area contributed by atoms with E-state index in [-0.39, 0.29) is 28.9 Å². The molecule has 0 amide bonds. The Hall–Kier alpha value is -1.70. The normalized spacial score (nSPS) is 24.7. The molecule has 0 radical (unpaired) electrons. The summed E-state index contributed by atoms with van der Waals surface area (Å²) in [5.41, 5.74) is 2.60. The second-order valence-electron chi connectivity index (χ2n) is 6.01. The third-order valence-electron chi connectivity index (χ3n) is 4.26. The molecule has 2 heteroatoms. The molecular weight excluding hydrogens is 260 g/mol. The molecule has 0 saturated heterocycles. The van der Waals surface area contributed by atoms with Gasteiger partial charge in [-0.15, -0.1) is 0 Å². The predicted molar refractivity (Wildman–Crippen MR) is 87.8 cm³/mol. The van der Waals surface area contributed by atoms with E-state index >= 15 is 0 Å². The van der Waals surface area contributed by atoms with Gasteiger partial charge in [-0.1, -0.05) is 37.1 Å². The first-order chi connectivity index (χ1) is 11.1. The topological polar surface area (TPSA) is 40.5 Å². The zero-order chi connectivity index (χ0) is 18.1. The van der Waals surface area contributed by atoms with Crippen LogP contribution in [0.25, 0.3) is 0 Å². The Kier molecular flexibility index (Phi) is 3.62. The molecule has 0 spiro atoms. The maximum atomic E-state index is 10.5. The largest absolute Gasteiger partial charge is 0.507 e. The van der Waals surface area contributed by atoms with Crippen molar-refractivity contribution in [2.24, 2.45) is 5.92 Å². The number of phenols is 2. The second-order valence-corrected chi connectivity index (χ2v) is 6.01. The zero-order valence-corrected chi connectivity index (χ0v) is 12.8. The van der Waals surface area contributed by atoms with Gasteiger partial charge in [0.25, 0.3) is 0 Å². The highest BCUT2D eigenvalue weighted by Gasteiger charge is 2.29. The number of hydrogen-bond acceptors (Lipinski definition) is 2. The first-order valence-electron chi connectivity index (χ1n) is 9.06. The predicted octanol–water partition coefficient (Wildman–Crippen LogP) is 5.07. The molecule has 0 aromatic heterocycles. The maximum absolute atomic E-state index is 10.5. The van der Waals surface area contributed by atoms with Crippen molar-refractivity contribution in [3.8, 4) is 11.5 Å². The fourth-order valence-corrected chi connectivity index (χ4v) is 3.20. The van der Waals surface area contributed by atoms with Gasteiger partial charge in [0.1, 0.15) is 11.5 Å². The molecule has 2 rings (SSSR count). The van der Waals surface area contributed by atoms with Crippen LogP contribution >= 0.6 is 0 Å². The summed E-state index contributed by atoms with van der Waals surface area (Å²) in [6.45, 7) is 5.58. The van der Waals surface area contributed by atoms with Crippen molar-refractivity contribution < 1.29 is 14.3 Å². The molecule has 0 bridgehead atoms. The lowest BCUT2D eigenvalue weighted by molar-refractivity contribution is 0.406. The van der Waals surface area contributed by atoms with Gasteiger partial charge >= 0.3 is 0 Å². The lowest BCUT2D eigenvalue weighted by Crippen LogP contribution is -2.17. The van der Waals surface area contributed by atoms with Gasteiger partial charge in [0.15, 0.2) is 0 Å². The quantitative estimate of drug-likeness (QED) is 0.760. The summed E-state index contributed by atoms with van der Waals surface area (Å²) in [4.78, 5) is 0. The van der Waals surface area contributed by atoms with Gasteiger partial charge in [-0.2, -0.15) is 0 Å². The van der Waals surface area contributed by atoms with Gasteiger partial charge in [-0.25, -0.2) is 0 Å². The molecule has 0 heterocycles. The van der Waals surface area contributed by atoms with Crippen molar-refractivity contribution >= 4 is 0 Å². The second kappa shape index (κ2) is 6.38. The van der Waals surface area contributed by atoms with Gasteiger partial charge in [0.2, 0.25) is 0 Å². The van der Waals surface area contributed by atoms with E-state index in [0.29, 0.717) is 12.0 Å². The van der Waals surface area contributed by atoms with Gasteiger partial charge in [0, 0.05) is 15.6 Å². The summed E-state index contributed by atoms with van der Waals surface area (Å²) in [5.74, 6) is -0.645. The summed E-state index contributed by atoms with van der Waals surface area (Å²) in [5, 5.41) is 21.0. The first kappa shape index (κ1) is 11.9. The van der Waals surface area contributed by atoms with Crippen LogP contribution in [-0.2, 0) is 6.42 Å². The van der Waals surface area contributed by atoms with Crippen molar-refractivity contribution in [2.45, 2.75) is 52.3 Å². The Morgan fingerprint density at radius 3 is 2.62 bits per heavy atom. The van der Waals surface area contributed by atoms with Crippen molar-refractivity contribution in [3.63, 3.8) is 0 Å². The summed E-state index contributed by atoms with van der Waals surface area (Å²) in [7, 11) is 0. The Morgan fingerprint density at radius 2 is 2.05 bits per heavy atom. The van der Waals surface area contributed by atoms with Crippen LogP contribution in [0.3, 0.4) is 0 Å². The summed E-state index contributed by atoms with van der Waals surface area (Å²) in [6.07, 6.45) is 5.09. The molecule has 0 saturated carbocycles. The van der Waals surface area contributed by atoms with E-state index in [0.717, 1.165) is 30.4 Å². The van der Waals surface area contributed by atoms with Gasteiger partial charge in [-0.3, -0.25) is 0 Å². The van der Waals surface area contributed by atoms with E-state index in [4.69, 9.17) is 4.11 Å². The van der Waals surface area contributed by atoms with Crippen molar-refractivity contribution in [2.75, 3.05) is 0 Å². The van der Waals surface area contributed by atoms with E-state index in [9.17, 15) is 10.2 Å². The summed E-state index contributed by atoms with van der Waals surface area (Å²) in [6, 6.07) is 3.34. The Labute approximate surface area is 132 Å². The summed E-state index contributed by atoms with van der Waals surface area (Å²) < 4.78 is 23.0. The molecule has 2 atom stereocenters. The number of phenolic OH excluding ortho intramolecular Hbond substituents is 2. The van der Waals surface area contributed by atoms with E-state index in [2.05, 4.69) is 6.58 Å². The monoisotopic (exact) mass is 289 g/mol. The lowest BCUT2D eigenvalue weighted by Gasteiger charge is -2.31. The molecule has 21 heavy (non-hydrogen) atoms. The standard InChI is InChI=1S/C19H26O2/c1-5-6-14-10-17(20)19(18(21)11-14)16-9-13(4)7-8-15(16)12(2)3/h9-11,15-16,20-21H,2,5-8H2,1,3-4H3/i3D3. The highest BCUT2D eigenvalue weighted by atomic mass is 16.3. The van der Waals surface area contributed by atoms with E-state index in [1.54, 1.807) is 12.1 Å². The average Bonchev–Trinajstić information content (AvgIpc) is 2.45. The minimum atomic E-state index is -2.24. The number of hydrogen-bond donors (Lipinski definition) is 2. The van der Waals surface area contributed by atoms with Gasteiger partial charge in [-0.05, 0) is 56.7 Å². The van der Waals surface area contributed by atoms with Crippen LogP contribution in [0.4, 0.5) is 0 Å². The third-order valence-corrected chi connectivity index (χ3v) is 4.26. The SMILES string of the molecule is [2H]C([2H])([2H])C(=C)C1CCC(C)=CC1c1c(O)cc(CCC)cc1O. The molecule has 2 unspecified atom stereocenters. The molecule has 1 aromatic rings. The first-order valence-corrected chi connectivity index (χ1v) is 7.56. The summed E-state index contributed by atoms with van der Waals surface area (Å²) >= 11 is 0. The molecule has 2 nitrogen and oxygen atoms in total. The number of aromatic hydroxyl groups is 2. The van der Waals surface area contributed by atoms with Crippen molar-refractivity contribution in [1.29, 1.82) is 0 Å².